The minimum absolute atomic E-state index is 0.245. The fourth-order valence-corrected chi connectivity index (χ4v) is 1.98. The van der Waals surface area contributed by atoms with E-state index in [1.165, 1.54) is 18.4 Å². The van der Waals surface area contributed by atoms with E-state index in [1.54, 1.807) is 12.1 Å². The second-order valence-electron chi connectivity index (χ2n) is 4.77. The highest BCUT2D eigenvalue weighted by Gasteiger charge is 2.33. The van der Waals surface area contributed by atoms with Crippen molar-refractivity contribution in [1.29, 1.82) is 0 Å². The number of methoxy groups -OCH3 is 1. The average molecular weight is 255 g/mol. The number of nitrogens with one attached hydrogen (secondary N) is 1. The molecule has 1 rings (SSSR count). The SMILES string of the molecule is COC(=O)[C@H](NC(=O)c1cccs1)C(C)(C)C. The van der Waals surface area contributed by atoms with Crippen LogP contribution in [-0.4, -0.2) is 25.0 Å². The fourth-order valence-electron chi connectivity index (χ4n) is 1.36. The van der Waals surface area contributed by atoms with Gasteiger partial charge in [-0.15, -0.1) is 11.3 Å². The second kappa shape index (κ2) is 5.31. The van der Waals surface area contributed by atoms with Gasteiger partial charge < -0.3 is 10.1 Å². The molecule has 1 aromatic rings. The Kier molecular flexibility index (Phi) is 4.28. The van der Waals surface area contributed by atoms with E-state index >= 15 is 0 Å². The number of hydrogen-bond acceptors (Lipinski definition) is 4. The van der Waals surface area contributed by atoms with Crippen molar-refractivity contribution in [2.75, 3.05) is 7.11 Å². The molecule has 17 heavy (non-hydrogen) atoms. The molecule has 1 N–H and O–H groups in total. The van der Waals surface area contributed by atoms with Crippen LogP contribution in [-0.2, 0) is 9.53 Å². The van der Waals surface area contributed by atoms with E-state index in [9.17, 15) is 9.59 Å². The largest absolute Gasteiger partial charge is 0.467 e. The molecule has 1 atom stereocenters. The van der Waals surface area contributed by atoms with Crippen molar-refractivity contribution in [3.63, 3.8) is 0 Å². The van der Waals surface area contributed by atoms with E-state index in [-0.39, 0.29) is 11.3 Å². The van der Waals surface area contributed by atoms with Gasteiger partial charge in [0.1, 0.15) is 6.04 Å². The van der Waals surface area contributed by atoms with Gasteiger partial charge >= 0.3 is 5.97 Å². The molecule has 0 aromatic carbocycles. The van der Waals surface area contributed by atoms with Gasteiger partial charge in [-0.3, -0.25) is 4.79 Å². The van der Waals surface area contributed by atoms with Gasteiger partial charge in [-0.2, -0.15) is 0 Å². The summed E-state index contributed by atoms with van der Waals surface area (Å²) in [4.78, 5) is 24.1. The summed E-state index contributed by atoms with van der Waals surface area (Å²) in [6.07, 6.45) is 0. The van der Waals surface area contributed by atoms with Crippen molar-refractivity contribution in [3.05, 3.63) is 22.4 Å². The van der Waals surface area contributed by atoms with Crippen LogP contribution >= 0.6 is 11.3 Å². The van der Waals surface area contributed by atoms with Gasteiger partial charge in [-0.1, -0.05) is 26.8 Å². The normalized spacial score (nSPS) is 12.9. The van der Waals surface area contributed by atoms with Crippen LogP contribution in [0, 0.1) is 5.41 Å². The number of amides is 1. The van der Waals surface area contributed by atoms with Crippen molar-refractivity contribution >= 4 is 23.2 Å². The number of carbonyl (C=O) groups excluding carboxylic acids is 2. The van der Waals surface area contributed by atoms with Crippen LogP contribution in [0.2, 0.25) is 0 Å². The highest BCUT2D eigenvalue weighted by Crippen LogP contribution is 2.21. The Balaban J connectivity index is 2.81. The first-order valence-corrected chi connectivity index (χ1v) is 6.16. The summed E-state index contributed by atoms with van der Waals surface area (Å²) < 4.78 is 4.71. The molecule has 0 saturated carbocycles. The summed E-state index contributed by atoms with van der Waals surface area (Å²) in [6.45, 7) is 5.63. The van der Waals surface area contributed by atoms with E-state index in [1.807, 2.05) is 26.2 Å². The fraction of sp³-hybridized carbons (Fsp3) is 0.500. The average Bonchev–Trinajstić information content (AvgIpc) is 2.76. The van der Waals surface area contributed by atoms with Crippen LogP contribution in [0.4, 0.5) is 0 Å². The molecule has 94 valence electrons. The van der Waals surface area contributed by atoms with Crippen LogP contribution < -0.4 is 5.32 Å². The maximum Gasteiger partial charge on any atom is 0.328 e. The number of rotatable bonds is 3. The Labute approximate surface area is 105 Å². The predicted octanol–water partition coefficient (Wildman–Crippen LogP) is 2.07. The molecule has 1 aromatic heterocycles. The third-order valence-electron chi connectivity index (χ3n) is 2.32. The minimum Gasteiger partial charge on any atom is -0.467 e. The van der Waals surface area contributed by atoms with Crippen molar-refractivity contribution < 1.29 is 14.3 Å². The Morgan fingerprint density at radius 3 is 2.47 bits per heavy atom. The van der Waals surface area contributed by atoms with Crippen LogP contribution in [0.25, 0.3) is 0 Å². The molecule has 0 fully saturated rings. The first kappa shape index (κ1) is 13.7. The Morgan fingerprint density at radius 1 is 1.41 bits per heavy atom. The van der Waals surface area contributed by atoms with E-state index in [2.05, 4.69) is 5.32 Å². The van der Waals surface area contributed by atoms with Crippen LogP contribution in [0.1, 0.15) is 30.4 Å². The van der Waals surface area contributed by atoms with Gasteiger partial charge in [0.05, 0.1) is 12.0 Å². The summed E-state index contributed by atoms with van der Waals surface area (Å²) in [5.41, 5.74) is -0.389. The lowest BCUT2D eigenvalue weighted by Gasteiger charge is -2.28. The van der Waals surface area contributed by atoms with Gasteiger partial charge in [0.2, 0.25) is 0 Å². The maximum atomic E-state index is 11.9. The van der Waals surface area contributed by atoms with E-state index < -0.39 is 12.0 Å². The molecule has 1 heterocycles. The quantitative estimate of drug-likeness (QED) is 0.841. The van der Waals surface area contributed by atoms with Crippen LogP contribution in [0.3, 0.4) is 0 Å². The zero-order valence-corrected chi connectivity index (χ0v) is 11.3. The maximum absolute atomic E-state index is 11.9. The van der Waals surface area contributed by atoms with Crippen molar-refractivity contribution in [3.8, 4) is 0 Å². The lowest BCUT2D eigenvalue weighted by Crippen LogP contribution is -2.49. The monoisotopic (exact) mass is 255 g/mol. The molecule has 0 aliphatic carbocycles. The Morgan fingerprint density at radius 2 is 2.06 bits per heavy atom. The first-order chi connectivity index (χ1) is 7.86. The summed E-state index contributed by atoms with van der Waals surface area (Å²) in [5.74, 6) is -0.673. The number of hydrogen-bond donors (Lipinski definition) is 1. The predicted molar refractivity (Wildman–Crippen MR) is 67.0 cm³/mol. The van der Waals surface area contributed by atoms with Gasteiger partial charge in [0, 0.05) is 0 Å². The first-order valence-electron chi connectivity index (χ1n) is 5.28. The lowest BCUT2D eigenvalue weighted by molar-refractivity contribution is -0.145. The molecule has 0 aliphatic rings. The van der Waals surface area contributed by atoms with Gasteiger partial charge in [0.25, 0.3) is 5.91 Å². The van der Waals surface area contributed by atoms with Crippen molar-refractivity contribution in [2.45, 2.75) is 26.8 Å². The standard InChI is InChI=1S/C12H17NO3S/c1-12(2,3)9(11(15)16-4)13-10(14)8-6-5-7-17-8/h5-7,9H,1-4H3,(H,13,14)/t9-/m0/s1. The zero-order chi connectivity index (χ0) is 13.1. The van der Waals surface area contributed by atoms with Gasteiger partial charge in [-0.25, -0.2) is 4.79 Å². The highest BCUT2D eigenvalue weighted by atomic mass is 32.1. The molecule has 1 amide bonds. The molecule has 5 heteroatoms. The van der Waals surface area contributed by atoms with E-state index in [4.69, 9.17) is 4.74 Å². The molecule has 0 aliphatic heterocycles. The number of esters is 1. The Bertz CT molecular complexity index is 392. The van der Waals surface area contributed by atoms with E-state index in [0.717, 1.165) is 0 Å². The summed E-state index contributed by atoms with van der Waals surface area (Å²) in [6, 6.07) is 2.86. The molecule has 0 bridgehead atoms. The molecular weight excluding hydrogens is 238 g/mol. The summed E-state index contributed by atoms with van der Waals surface area (Å²) >= 11 is 1.34. The highest BCUT2D eigenvalue weighted by molar-refractivity contribution is 7.12. The number of ether oxygens (including phenoxy) is 1. The smallest absolute Gasteiger partial charge is 0.328 e. The van der Waals surface area contributed by atoms with Crippen molar-refractivity contribution in [1.82, 2.24) is 5.32 Å². The molecule has 0 radical (unpaired) electrons. The second-order valence-corrected chi connectivity index (χ2v) is 5.72. The van der Waals surface area contributed by atoms with Crippen LogP contribution in [0.5, 0.6) is 0 Å². The molecular formula is C12H17NO3S. The topological polar surface area (TPSA) is 55.4 Å². The number of carbonyl (C=O) groups is 2. The lowest BCUT2D eigenvalue weighted by atomic mass is 9.86. The van der Waals surface area contributed by atoms with Crippen LogP contribution in [0.15, 0.2) is 17.5 Å². The third-order valence-corrected chi connectivity index (χ3v) is 3.19. The van der Waals surface area contributed by atoms with Crippen molar-refractivity contribution in [2.24, 2.45) is 5.41 Å². The number of thiophene rings is 1. The van der Waals surface area contributed by atoms with E-state index in [0.29, 0.717) is 4.88 Å². The summed E-state index contributed by atoms with van der Waals surface area (Å²) in [5, 5.41) is 4.53. The minimum atomic E-state index is -0.651. The van der Waals surface area contributed by atoms with Gasteiger partial charge in [-0.05, 0) is 16.9 Å². The Hall–Kier alpha value is -1.36. The molecule has 0 saturated heterocycles. The van der Waals surface area contributed by atoms with Gasteiger partial charge in [0.15, 0.2) is 0 Å². The molecule has 0 unspecified atom stereocenters. The molecule has 0 spiro atoms. The zero-order valence-electron chi connectivity index (χ0n) is 10.4. The molecule has 4 nitrogen and oxygen atoms in total. The summed E-state index contributed by atoms with van der Waals surface area (Å²) in [7, 11) is 1.32. The third kappa shape index (κ3) is 3.56.